The van der Waals surface area contributed by atoms with Crippen molar-refractivity contribution in [2.75, 3.05) is 0 Å². The summed E-state index contributed by atoms with van der Waals surface area (Å²) in [7, 11) is 0. The third kappa shape index (κ3) is 4.62. The van der Waals surface area contributed by atoms with Crippen LogP contribution >= 0.6 is 0 Å². The van der Waals surface area contributed by atoms with Crippen LogP contribution in [0.4, 0.5) is 0 Å². The Labute approximate surface area is 347 Å². The molecule has 276 valence electrons. The SMILES string of the molecule is Cc1cc(-c2ccc(C#N)cc2C#N)cc(C)c1-c1ccc2c3c(-c4ccccc4)c4cc5c6ccccc6c6cccc(c4c(-c4ccccc4)c3c3cccc1c23)c65. The van der Waals surface area contributed by atoms with E-state index in [0.29, 0.717) is 11.1 Å². The standard InChI is InChI=1S/C58H34N2/c1-33-27-38(40-24-23-35(31-59)29-39(40)32-60)28-34(2)51(33)45-25-26-48-54-44(45)20-12-22-47(54)58-53(37-15-7-4-8-16-37)56-46-21-11-19-43-41-17-9-10-18-42(41)49(55(43)46)30-50(56)52(57(48)58)36-13-5-3-6-14-36/h3-30H,1-2H3. The molecule has 12 aromatic carbocycles. The van der Waals surface area contributed by atoms with Crippen molar-refractivity contribution >= 4 is 75.4 Å². The first kappa shape index (κ1) is 34.0. The van der Waals surface area contributed by atoms with Gasteiger partial charge >= 0.3 is 0 Å². The monoisotopic (exact) mass is 758 g/mol. The Bertz CT molecular complexity index is 3820. The minimum Gasteiger partial charge on any atom is -0.192 e. The van der Waals surface area contributed by atoms with Gasteiger partial charge in [0.05, 0.1) is 23.3 Å². The van der Waals surface area contributed by atoms with Gasteiger partial charge in [0.25, 0.3) is 0 Å². The Hall–Kier alpha value is -8.04. The van der Waals surface area contributed by atoms with E-state index in [1.54, 1.807) is 12.1 Å². The fourth-order valence-electron chi connectivity index (χ4n) is 10.7. The summed E-state index contributed by atoms with van der Waals surface area (Å²) in [6.07, 6.45) is 0. The van der Waals surface area contributed by atoms with Gasteiger partial charge in [-0.3, -0.25) is 0 Å². The molecule has 0 aliphatic carbocycles. The predicted molar refractivity (Wildman–Crippen MR) is 252 cm³/mol. The molecular weight excluding hydrogens is 725 g/mol. The molecule has 0 saturated heterocycles. The molecule has 60 heavy (non-hydrogen) atoms. The van der Waals surface area contributed by atoms with Crippen LogP contribution in [0.5, 0.6) is 0 Å². The number of hydrogen-bond acceptors (Lipinski definition) is 2. The average Bonchev–Trinajstić information content (AvgIpc) is 3.80. The Morgan fingerprint density at radius 1 is 0.317 bits per heavy atom. The lowest BCUT2D eigenvalue weighted by Gasteiger charge is -2.19. The second-order valence-electron chi connectivity index (χ2n) is 16.2. The van der Waals surface area contributed by atoms with E-state index in [4.69, 9.17) is 0 Å². The summed E-state index contributed by atoms with van der Waals surface area (Å²) in [5, 5.41) is 37.5. The molecule has 0 radical (unpaired) electrons. The molecule has 0 saturated carbocycles. The van der Waals surface area contributed by atoms with Crippen LogP contribution in [0.3, 0.4) is 0 Å². The number of fused-ring (bicyclic) bond motifs is 8. The number of benzene rings is 10. The molecule has 0 aliphatic rings. The van der Waals surface area contributed by atoms with E-state index in [1.165, 1.54) is 109 Å². The number of rotatable bonds is 4. The lowest BCUT2D eigenvalue weighted by Crippen LogP contribution is -1.93. The fourth-order valence-corrected chi connectivity index (χ4v) is 10.7. The van der Waals surface area contributed by atoms with E-state index in [-0.39, 0.29) is 0 Å². The first-order valence-corrected chi connectivity index (χ1v) is 20.5. The largest absolute Gasteiger partial charge is 0.192 e. The Morgan fingerprint density at radius 2 is 0.850 bits per heavy atom. The van der Waals surface area contributed by atoms with Crippen LogP contribution < -0.4 is 0 Å². The van der Waals surface area contributed by atoms with Gasteiger partial charge in [-0.1, -0.05) is 152 Å². The minimum atomic E-state index is 0.486. The second kappa shape index (κ2) is 12.7. The van der Waals surface area contributed by atoms with Crippen LogP contribution in [0.15, 0.2) is 170 Å². The molecule has 0 unspecified atom stereocenters. The molecule has 0 N–H and O–H groups in total. The fraction of sp³-hybridized carbons (Fsp3) is 0.0345. The van der Waals surface area contributed by atoms with Gasteiger partial charge in [0.2, 0.25) is 0 Å². The highest BCUT2D eigenvalue weighted by atomic mass is 14.3. The van der Waals surface area contributed by atoms with Crippen LogP contribution in [0.1, 0.15) is 22.3 Å². The van der Waals surface area contributed by atoms with Gasteiger partial charge in [-0.2, -0.15) is 10.5 Å². The topological polar surface area (TPSA) is 47.6 Å². The van der Waals surface area contributed by atoms with Crippen molar-refractivity contribution in [3.8, 4) is 56.6 Å². The van der Waals surface area contributed by atoms with Crippen molar-refractivity contribution in [1.82, 2.24) is 0 Å². The van der Waals surface area contributed by atoms with Crippen molar-refractivity contribution in [3.05, 3.63) is 192 Å². The highest BCUT2D eigenvalue weighted by molar-refractivity contribution is 6.45. The molecule has 2 nitrogen and oxygen atoms in total. The van der Waals surface area contributed by atoms with Crippen molar-refractivity contribution in [2.24, 2.45) is 0 Å². The van der Waals surface area contributed by atoms with E-state index >= 15 is 0 Å². The zero-order valence-corrected chi connectivity index (χ0v) is 33.1. The third-order valence-electron chi connectivity index (χ3n) is 13.0. The zero-order chi connectivity index (χ0) is 40.2. The maximum atomic E-state index is 10.0. The summed E-state index contributed by atoms with van der Waals surface area (Å²) in [4.78, 5) is 0. The molecule has 0 aliphatic heterocycles. The van der Waals surface area contributed by atoms with Crippen LogP contribution in [0.2, 0.25) is 0 Å². The summed E-state index contributed by atoms with van der Waals surface area (Å²) in [6.45, 7) is 4.35. The van der Waals surface area contributed by atoms with Crippen molar-refractivity contribution in [1.29, 1.82) is 10.5 Å². The van der Waals surface area contributed by atoms with Gasteiger partial charge in [0.1, 0.15) is 0 Å². The summed E-state index contributed by atoms with van der Waals surface area (Å²) in [5.41, 5.74) is 12.4. The van der Waals surface area contributed by atoms with Gasteiger partial charge in [0, 0.05) is 0 Å². The van der Waals surface area contributed by atoms with Gasteiger partial charge in [0.15, 0.2) is 0 Å². The van der Waals surface area contributed by atoms with Crippen molar-refractivity contribution in [2.45, 2.75) is 13.8 Å². The van der Waals surface area contributed by atoms with Gasteiger partial charge in [-0.25, -0.2) is 0 Å². The summed E-state index contributed by atoms with van der Waals surface area (Å²) in [5.74, 6) is 0. The molecule has 0 fully saturated rings. The number of aryl methyl sites for hydroxylation is 2. The highest BCUT2D eigenvalue weighted by Gasteiger charge is 2.27. The van der Waals surface area contributed by atoms with Crippen LogP contribution in [0, 0.1) is 36.5 Å². The minimum absolute atomic E-state index is 0.486. The molecule has 0 aromatic heterocycles. The lowest BCUT2D eigenvalue weighted by molar-refractivity contribution is 1.37. The summed E-state index contributed by atoms with van der Waals surface area (Å²) >= 11 is 0. The molecule has 0 bridgehead atoms. The van der Waals surface area contributed by atoms with E-state index in [2.05, 4.69) is 178 Å². The molecule has 0 heterocycles. The van der Waals surface area contributed by atoms with E-state index in [9.17, 15) is 10.5 Å². The lowest BCUT2D eigenvalue weighted by atomic mass is 9.84. The highest BCUT2D eigenvalue weighted by Crippen LogP contribution is 2.55. The predicted octanol–water partition coefficient (Wildman–Crippen LogP) is 15.7. The summed E-state index contributed by atoms with van der Waals surface area (Å²) < 4.78 is 0. The smallest absolute Gasteiger partial charge is 0.0998 e. The number of hydrogen-bond donors (Lipinski definition) is 0. The van der Waals surface area contributed by atoms with Crippen LogP contribution in [-0.4, -0.2) is 0 Å². The molecule has 12 rings (SSSR count). The molecule has 0 amide bonds. The molecule has 2 heteroatoms. The first-order valence-electron chi connectivity index (χ1n) is 20.5. The van der Waals surface area contributed by atoms with E-state index in [1.807, 2.05) is 6.07 Å². The van der Waals surface area contributed by atoms with Gasteiger partial charge in [-0.15, -0.1) is 0 Å². The number of nitrogens with zero attached hydrogens (tertiary/aromatic N) is 2. The number of nitriles is 2. The zero-order valence-electron chi connectivity index (χ0n) is 33.1. The maximum absolute atomic E-state index is 10.0. The average molecular weight is 759 g/mol. The molecule has 12 aromatic rings. The second-order valence-corrected chi connectivity index (χ2v) is 16.2. The van der Waals surface area contributed by atoms with Crippen LogP contribution in [-0.2, 0) is 0 Å². The Balaban J connectivity index is 1.24. The Kier molecular flexibility index (Phi) is 7.22. The van der Waals surface area contributed by atoms with Crippen LogP contribution in [0.25, 0.3) is 120 Å². The summed E-state index contributed by atoms with van der Waals surface area (Å²) in [6, 6.07) is 66.1. The van der Waals surface area contributed by atoms with Crippen molar-refractivity contribution < 1.29 is 0 Å². The molecule has 0 spiro atoms. The normalized spacial score (nSPS) is 11.8. The first-order chi connectivity index (χ1) is 29.5. The van der Waals surface area contributed by atoms with Gasteiger partial charge < -0.3 is 0 Å². The maximum Gasteiger partial charge on any atom is 0.0998 e. The molecular formula is C58H34N2. The van der Waals surface area contributed by atoms with E-state index in [0.717, 1.165) is 22.3 Å². The third-order valence-corrected chi connectivity index (χ3v) is 13.0. The molecule has 0 atom stereocenters. The Morgan fingerprint density at radius 3 is 1.53 bits per heavy atom. The van der Waals surface area contributed by atoms with E-state index < -0.39 is 0 Å². The van der Waals surface area contributed by atoms with Crippen molar-refractivity contribution in [3.63, 3.8) is 0 Å². The quantitative estimate of drug-likeness (QED) is 0.168. The van der Waals surface area contributed by atoms with Gasteiger partial charge in [-0.05, 0) is 163 Å².